The third-order valence-corrected chi connectivity index (χ3v) is 6.07. The quantitative estimate of drug-likeness (QED) is 0.728. The molecule has 11 heteroatoms. The van der Waals surface area contributed by atoms with E-state index in [1.54, 1.807) is 0 Å². The van der Waals surface area contributed by atoms with Gasteiger partial charge in [-0.3, -0.25) is 4.79 Å². The Morgan fingerprint density at radius 1 is 1.41 bits per heavy atom. The molecule has 3 rings (SSSR count). The van der Waals surface area contributed by atoms with Crippen LogP contribution in [0.25, 0.3) is 0 Å². The van der Waals surface area contributed by atoms with E-state index >= 15 is 0 Å². The van der Waals surface area contributed by atoms with Crippen LogP contribution in [0, 0.1) is 17.6 Å². The Labute approximate surface area is 178 Å². The Balaban J connectivity index is 0.00000363. The summed E-state index contributed by atoms with van der Waals surface area (Å²) in [5.74, 6) is -4.72. The molecule has 7 nitrogen and oxygen atoms in total. The summed E-state index contributed by atoms with van der Waals surface area (Å²) >= 11 is 0. The normalized spacial score (nSPS) is 18.1. The van der Waals surface area contributed by atoms with Crippen LogP contribution in [-0.2, 0) is 14.6 Å². The van der Waals surface area contributed by atoms with E-state index in [-0.39, 0.29) is 30.1 Å². The van der Waals surface area contributed by atoms with Gasteiger partial charge in [-0.25, -0.2) is 22.2 Å². The summed E-state index contributed by atoms with van der Waals surface area (Å²) in [6.07, 6.45) is 1.24. The number of sulfone groups is 1. The Bertz CT molecular complexity index is 1090. The molecule has 1 N–H and O–H groups in total. The van der Waals surface area contributed by atoms with Crippen molar-refractivity contribution in [3.8, 4) is 5.75 Å². The minimum Gasteiger partial charge on any atom is -0.496 e. The standard InChI is InChI=1S/C18H18F2N2O5S.H2S/c1-26-16-3-2-13(28(24,25)10-11-4-5-27-9-11)7-14(16)18(23)22-17-15(20)6-12(19)8-21-17;/h2-3,6-8,11H,4-5,9-10H2,1H3,(H,21,22,23);1H2/t11-;/m0./s1/i1D3;. The molecule has 1 saturated heterocycles. The van der Waals surface area contributed by atoms with Gasteiger partial charge >= 0.3 is 0 Å². The van der Waals surface area contributed by atoms with Crippen LogP contribution in [0.5, 0.6) is 5.75 Å². The number of rotatable bonds is 6. The monoisotopic (exact) mass is 449 g/mol. The second kappa shape index (κ2) is 9.51. The van der Waals surface area contributed by atoms with Crippen LogP contribution in [0.3, 0.4) is 0 Å². The van der Waals surface area contributed by atoms with E-state index in [4.69, 9.17) is 13.6 Å². The first-order valence-electron chi connectivity index (χ1n) is 9.70. The number of nitrogens with one attached hydrogen (secondary N) is 1. The number of carbonyl (C=O) groups is 1. The summed E-state index contributed by atoms with van der Waals surface area (Å²) in [4.78, 5) is 15.9. The predicted octanol–water partition coefficient (Wildman–Crippen LogP) is 2.54. The van der Waals surface area contributed by atoms with Crippen LogP contribution in [0.4, 0.5) is 14.6 Å². The molecule has 1 atom stereocenters. The fraction of sp³-hybridized carbons (Fsp3) is 0.333. The number of pyridine rings is 1. The highest BCUT2D eigenvalue weighted by atomic mass is 32.2. The van der Waals surface area contributed by atoms with Crippen molar-refractivity contribution in [3.63, 3.8) is 0 Å². The van der Waals surface area contributed by atoms with E-state index < -0.39 is 51.5 Å². The number of anilines is 1. The highest BCUT2D eigenvalue weighted by molar-refractivity contribution is 7.91. The van der Waals surface area contributed by atoms with Crippen LogP contribution in [0.2, 0.25) is 0 Å². The smallest absolute Gasteiger partial charge is 0.260 e. The number of ether oxygens (including phenoxy) is 2. The van der Waals surface area contributed by atoms with Gasteiger partial charge in [0.1, 0.15) is 11.6 Å². The molecular weight excluding hydrogens is 426 g/mol. The molecule has 0 saturated carbocycles. The van der Waals surface area contributed by atoms with E-state index in [1.165, 1.54) is 0 Å². The maximum absolute atomic E-state index is 13.8. The topological polar surface area (TPSA) is 94.6 Å². The van der Waals surface area contributed by atoms with Crippen LogP contribution < -0.4 is 10.1 Å². The molecule has 0 spiro atoms. The number of hydrogen-bond acceptors (Lipinski definition) is 6. The highest BCUT2D eigenvalue weighted by Gasteiger charge is 2.26. The van der Waals surface area contributed by atoms with Gasteiger partial charge in [-0.15, -0.1) is 0 Å². The highest BCUT2D eigenvalue weighted by Crippen LogP contribution is 2.26. The number of amides is 1. The first kappa shape index (κ1) is 18.8. The lowest BCUT2D eigenvalue weighted by molar-refractivity contribution is 0.102. The first-order valence-corrected chi connectivity index (χ1v) is 9.86. The number of nitrogens with zero attached hydrogens (tertiary/aromatic N) is 1. The van der Waals surface area contributed by atoms with Crippen molar-refractivity contribution >= 4 is 35.1 Å². The maximum atomic E-state index is 13.8. The number of benzene rings is 1. The zero-order valence-corrected chi connectivity index (χ0v) is 16.8. The molecule has 1 aliphatic rings. The molecule has 1 fully saturated rings. The van der Waals surface area contributed by atoms with Crippen molar-refractivity contribution in [2.45, 2.75) is 11.3 Å². The third-order valence-electron chi connectivity index (χ3n) is 4.18. The van der Waals surface area contributed by atoms with Crippen LogP contribution in [-0.4, -0.2) is 45.3 Å². The summed E-state index contributed by atoms with van der Waals surface area (Å²) in [5, 5.41) is 2.06. The average Bonchev–Trinajstić information content (AvgIpc) is 3.15. The molecular formula is C18H20F2N2O5S2. The third kappa shape index (κ3) is 5.43. The van der Waals surface area contributed by atoms with Crippen molar-refractivity contribution in [1.29, 1.82) is 0 Å². The lowest BCUT2D eigenvalue weighted by Crippen LogP contribution is -2.19. The van der Waals surface area contributed by atoms with E-state index in [0.29, 0.717) is 31.9 Å². The predicted molar refractivity (Wildman–Crippen MR) is 106 cm³/mol. The lowest BCUT2D eigenvalue weighted by Gasteiger charge is -2.13. The van der Waals surface area contributed by atoms with Crippen LogP contribution in [0.15, 0.2) is 35.4 Å². The van der Waals surface area contributed by atoms with Crippen LogP contribution in [0.1, 0.15) is 20.9 Å². The van der Waals surface area contributed by atoms with Gasteiger partial charge in [0.2, 0.25) is 0 Å². The Kier molecular flexibility index (Phi) is 6.15. The summed E-state index contributed by atoms with van der Waals surface area (Å²) in [6, 6.07) is 3.60. The Morgan fingerprint density at radius 2 is 2.21 bits per heavy atom. The van der Waals surface area contributed by atoms with Gasteiger partial charge < -0.3 is 14.8 Å². The van der Waals surface area contributed by atoms with Crippen molar-refractivity contribution in [3.05, 3.63) is 47.7 Å². The molecule has 1 amide bonds. The average molecular weight is 450 g/mol. The van der Waals surface area contributed by atoms with Gasteiger partial charge in [0.25, 0.3) is 5.91 Å². The fourth-order valence-electron chi connectivity index (χ4n) is 2.77. The summed E-state index contributed by atoms with van der Waals surface area (Å²) in [7, 11) is -6.78. The zero-order valence-electron chi connectivity index (χ0n) is 17.9. The maximum Gasteiger partial charge on any atom is 0.260 e. The second-order valence-corrected chi connectivity index (χ2v) is 8.24. The number of methoxy groups -OCH3 is 1. The lowest BCUT2D eigenvalue weighted by atomic mass is 10.2. The van der Waals surface area contributed by atoms with E-state index in [9.17, 15) is 22.0 Å². The largest absolute Gasteiger partial charge is 0.496 e. The number of halogens is 2. The van der Waals surface area contributed by atoms with E-state index in [1.807, 2.05) is 0 Å². The number of hydrogen-bond donors (Lipinski definition) is 1. The van der Waals surface area contributed by atoms with E-state index in [2.05, 4.69) is 10.3 Å². The summed E-state index contributed by atoms with van der Waals surface area (Å²) in [5.41, 5.74) is -0.467. The molecule has 0 radical (unpaired) electrons. The van der Waals surface area contributed by atoms with Crippen LogP contribution >= 0.6 is 13.5 Å². The van der Waals surface area contributed by atoms with Crippen molar-refractivity contribution < 1.29 is 35.6 Å². The Morgan fingerprint density at radius 3 is 2.86 bits per heavy atom. The minimum atomic E-state index is -3.84. The van der Waals surface area contributed by atoms with Crippen molar-refractivity contribution in [2.75, 3.05) is 31.3 Å². The molecule has 1 aromatic carbocycles. The van der Waals surface area contributed by atoms with Crippen molar-refractivity contribution in [2.24, 2.45) is 5.92 Å². The van der Waals surface area contributed by atoms with Gasteiger partial charge in [0.05, 0.1) is 40.2 Å². The zero-order chi connectivity index (χ0) is 22.8. The van der Waals surface area contributed by atoms with Gasteiger partial charge in [0.15, 0.2) is 21.5 Å². The number of carbonyl (C=O) groups excluding carboxylic acids is 1. The molecule has 29 heavy (non-hydrogen) atoms. The van der Waals surface area contributed by atoms with Gasteiger partial charge in [0, 0.05) is 12.7 Å². The molecule has 0 aliphatic carbocycles. The molecule has 1 aromatic heterocycles. The van der Waals surface area contributed by atoms with Crippen molar-refractivity contribution in [1.82, 2.24) is 4.98 Å². The van der Waals surface area contributed by atoms with Gasteiger partial charge in [-0.2, -0.15) is 13.5 Å². The molecule has 2 aromatic rings. The summed E-state index contributed by atoms with van der Waals surface area (Å²) in [6.45, 7) is 0.748. The molecule has 158 valence electrons. The van der Waals surface area contributed by atoms with Gasteiger partial charge in [-0.1, -0.05) is 0 Å². The number of aromatic nitrogens is 1. The SMILES string of the molecule is S.[2H]C([2H])([2H])Oc1ccc(S(=O)(=O)C[C@H]2CCOC2)cc1C(=O)Nc1ncc(F)cc1F. The minimum absolute atomic E-state index is 0. The first-order chi connectivity index (χ1) is 14.4. The molecule has 0 unspecified atom stereocenters. The Hall–Kier alpha value is -2.24. The molecule has 0 bridgehead atoms. The van der Waals surface area contributed by atoms with E-state index in [0.717, 1.165) is 18.2 Å². The fourth-order valence-corrected chi connectivity index (χ4v) is 4.42. The summed E-state index contributed by atoms with van der Waals surface area (Å²) < 4.78 is 84.1. The molecule has 2 heterocycles. The van der Waals surface area contributed by atoms with Gasteiger partial charge in [-0.05, 0) is 30.5 Å². The second-order valence-electron chi connectivity index (χ2n) is 6.21. The molecule has 1 aliphatic heterocycles.